The SMILES string of the molecule is CCCOc1ccccc1Oc1nc(NN)nc(OC)n1. The van der Waals surface area contributed by atoms with Crippen LogP contribution < -0.4 is 25.5 Å². The van der Waals surface area contributed by atoms with Crippen molar-refractivity contribution in [3.8, 4) is 23.5 Å². The molecule has 0 amide bonds. The third kappa shape index (κ3) is 3.93. The topological polar surface area (TPSA) is 104 Å². The van der Waals surface area contributed by atoms with Gasteiger partial charge in [-0.2, -0.15) is 9.97 Å². The summed E-state index contributed by atoms with van der Waals surface area (Å²) in [5.74, 6) is 6.55. The molecule has 1 aromatic carbocycles. The van der Waals surface area contributed by atoms with Crippen molar-refractivity contribution in [2.24, 2.45) is 5.84 Å². The second-order valence-electron chi connectivity index (χ2n) is 3.97. The van der Waals surface area contributed by atoms with Crippen LogP contribution >= 0.6 is 0 Å². The molecule has 0 fully saturated rings. The van der Waals surface area contributed by atoms with E-state index in [9.17, 15) is 0 Å². The molecule has 0 spiro atoms. The van der Waals surface area contributed by atoms with E-state index in [-0.39, 0.29) is 18.0 Å². The Morgan fingerprint density at radius 2 is 1.81 bits per heavy atom. The van der Waals surface area contributed by atoms with Crippen molar-refractivity contribution < 1.29 is 14.2 Å². The summed E-state index contributed by atoms with van der Waals surface area (Å²) >= 11 is 0. The molecule has 0 aliphatic carbocycles. The van der Waals surface area contributed by atoms with Gasteiger partial charge < -0.3 is 14.2 Å². The van der Waals surface area contributed by atoms with Crippen LogP contribution in [0.5, 0.6) is 23.5 Å². The van der Waals surface area contributed by atoms with Gasteiger partial charge in [0.15, 0.2) is 11.5 Å². The highest BCUT2D eigenvalue weighted by atomic mass is 16.5. The van der Waals surface area contributed by atoms with Crippen LogP contribution in [-0.4, -0.2) is 28.7 Å². The van der Waals surface area contributed by atoms with E-state index in [1.54, 1.807) is 6.07 Å². The Morgan fingerprint density at radius 1 is 1.10 bits per heavy atom. The predicted octanol–water partition coefficient (Wildman–Crippen LogP) is 1.75. The lowest BCUT2D eigenvalue weighted by Gasteiger charge is -2.11. The van der Waals surface area contributed by atoms with E-state index in [1.807, 2.05) is 25.1 Å². The van der Waals surface area contributed by atoms with Gasteiger partial charge in [-0.1, -0.05) is 19.1 Å². The smallest absolute Gasteiger partial charge is 0.330 e. The average Bonchev–Trinajstić information content (AvgIpc) is 2.53. The molecular weight excluding hydrogens is 274 g/mol. The number of nitrogen functional groups attached to an aromatic ring is 1. The van der Waals surface area contributed by atoms with Crippen LogP contribution in [0, 0.1) is 0 Å². The number of anilines is 1. The molecule has 1 heterocycles. The van der Waals surface area contributed by atoms with Crippen molar-refractivity contribution in [3.05, 3.63) is 24.3 Å². The molecule has 112 valence electrons. The lowest BCUT2D eigenvalue weighted by molar-refractivity contribution is 0.297. The minimum Gasteiger partial charge on any atom is -0.490 e. The highest BCUT2D eigenvalue weighted by molar-refractivity contribution is 5.41. The van der Waals surface area contributed by atoms with Gasteiger partial charge in [0.1, 0.15) is 0 Å². The van der Waals surface area contributed by atoms with Gasteiger partial charge in [0.05, 0.1) is 13.7 Å². The molecule has 21 heavy (non-hydrogen) atoms. The zero-order valence-electron chi connectivity index (χ0n) is 11.9. The number of nitrogens with zero attached hydrogens (tertiary/aromatic N) is 3. The zero-order valence-corrected chi connectivity index (χ0v) is 11.9. The van der Waals surface area contributed by atoms with Gasteiger partial charge in [-0.3, -0.25) is 5.43 Å². The molecule has 0 aliphatic rings. The third-order valence-corrected chi connectivity index (χ3v) is 2.42. The number of nitrogens with two attached hydrogens (primary N) is 1. The van der Waals surface area contributed by atoms with Crippen LogP contribution in [0.3, 0.4) is 0 Å². The maximum atomic E-state index is 5.63. The number of hydrazine groups is 1. The molecule has 0 atom stereocenters. The zero-order chi connectivity index (χ0) is 15.1. The molecule has 3 N–H and O–H groups in total. The van der Waals surface area contributed by atoms with Crippen LogP contribution in [0.4, 0.5) is 5.95 Å². The number of ether oxygens (including phenoxy) is 3. The van der Waals surface area contributed by atoms with Gasteiger partial charge in [0.2, 0.25) is 5.95 Å². The standard InChI is InChI=1S/C13H17N5O3/c1-3-8-20-9-6-4-5-7-10(9)21-13-16-11(18-14)15-12(17-13)19-2/h4-7H,3,8,14H2,1-2H3,(H,15,16,17,18). The molecule has 8 nitrogen and oxygen atoms in total. The molecule has 2 aromatic rings. The number of aromatic nitrogens is 3. The molecule has 0 saturated heterocycles. The van der Waals surface area contributed by atoms with Crippen molar-refractivity contribution in [1.29, 1.82) is 0 Å². The predicted molar refractivity (Wildman–Crippen MR) is 76.5 cm³/mol. The molecule has 0 unspecified atom stereocenters. The second-order valence-corrected chi connectivity index (χ2v) is 3.97. The second kappa shape index (κ2) is 7.25. The van der Waals surface area contributed by atoms with E-state index in [4.69, 9.17) is 20.1 Å². The van der Waals surface area contributed by atoms with E-state index in [1.165, 1.54) is 7.11 Å². The van der Waals surface area contributed by atoms with Crippen molar-refractivity contribution in [1.82, 2.24) is 15.0 Å². The van der Waals surface area contributed by atoms with Crippen molar-refractivity contribution in [2.75, 3.05) is 19.1 Å². The lowest BCUT2D eigenvalue weighted by atomic mass is 10.3. The van der Waals surface area contributed by atoms with E-state index in [2.05, 4.69) is 20.4 Å². The number of rotatable bonds is 7. The van der Waals surface area contributed by atoms with Crippen LogP contribution in [0.25, 0.3) is 0 Å². The van der Waals surface area contributed by atoms with Gasteiger partial charge in [0.25, 0.3) is 0 Å². The fraction of sp³-hybridized carbons (Fsp3) is 0.308. The Morgan fingerprint density at radius 3 is 2.48 bits per heavy atom. The minimum atomic E-state index is 0.0577. The minimum absolute atomic E-state index is 0.0577. The number of hydrogen-bond acceptors (Lipinski definition) is 8. The van der Waals surface area contributed by atoms with Gasteiger partial charge in [-0.15, -0.1) is 4.98 Å². The Kier molecular flexibility index (Phi) is 5.10. The Bertz CT molecular complexity index is 572. The van der Waals surface area contributed by atoms with Crippen molar-refractivity contribution >= 4 is 5.95 Å². The van der Waals surface area contributed by atoms with Crippen LogP contribution in [0.2, 0.25) is 0 Å². The van der Waals surface area contributed by atoms with E-state index < -0.39 is 0 Å². The molecular formula is C13H17N5O3. The fourth-order valence-corrected chi connectivity index (χ4v) is 1.50. The molecule has 8 heteroatoms. The monoisotopic (exact) mass is 291 g/mol. The largest absolute Gasteiger partial charge is 0.490 e. The van der Waals surface area contributed by atoms with E-state index in [0.717, 1.165) is 6.42 Å². The lowest BCUT2D eigenvalue weighted by Crippen LogP contribution is -2.12. The van der Waals surface area contributed by atoms with Crippen LogP contribution in [-0.2, 0) is 0 Å². The molecule has 0 radical (unpaired) electrons. The highest BCUT2D eigenvalue weighted by Crippen LogP contribution is 2.30. The number of methoxy groups -OCH3 is 1. The summed E-state index contributed by atoms with van der Waals surface area (Å²) in [6.45, 7) is 2.62. The van der Waals surface area contributed by atoms with Gasteiger partial charge in [-0.05, 0) is 18.6 Å². The summed E-state index contributed by atoms with van der Waals surface area (Å²) in [6.07, 6.45) is 0.898. The third-order valence-electron chi connectivity index (χ3n) is 2.42. The summed E-state index contributed by atoms with van der Waals surface area (Å²) in [5, 5.41) is 0. The number of para-hydroxylation sites is 2. The maximum Gasteiger partial charge on any atom is 0.330 e. The first kappa shape index (κ1) is 14.8. The molecule has 0 aliphatic heterocycles. The van der Waals surface area contributed by atoms with Crippen molar-refractivity contribution in [2.45, 2.75) is 13.3 Å². The van der Waals surface area contributed by atoms with Gasteiger partial charge in [0, 0.05) is 0 Å². The average molecular weight is 291 g/mol. The summed E-state index contributed by atoms with van der Waals surface area (Å²) in [6, 6.07) is 7.41. The number of hydrogen-bond donors (Lipinski definition) is 2. The summed E-state index contributed by atoms with van der Waals surface area (Å²) in [4.78, 5) is 11.9. The van der Waals surface area contributed by atoms with E-state index in [0.29, 0.717) is 18.1 Å². The Hall–Kier alpha value is -2.61. The molecule has 0 saturated carbocycles. The van der Waals surface area contributed by atoms with Crippen molar-refractivity contribution in [3.63, 3.8) is 0 Å². The first-order valence-electron chi connectivity index (χ1n) is 6.43. The number of nitrogens with one attached hydrogen (secondary N) is 1. The van der Waals surface area contributed by atoms with Gasteiger partial charge in [-0.25, -0.2) is 5.84 Å². The fourth-order valence-electron chi connectivity index (χ4n) is 1.50. The summed E-state index contributed by atoms with van der Waals surface area (Å²) in [7, 11) is 1.44. The Labute approximate surface area is 122 Å². The maximum absolute atomic E-state index is 5.63. The van der Waals surface area contributed by atoms with Crippen LogP contribution in [0.15, 0.2) is 24.3 Å². The summed E-state index contributed by atoms with van der Waals surface area (Å²) < 4.78 is 16.2. The quantitative estimate of drug-likeness (QED) is 0.587. The number of benzene rings is 1. The normalized spacial score (nSPS) is 10.0. The highest BCUT2D eigenvalue weighted by Gasteiger charge is 2.11. The molecule has 2 rings (SSSR count). The molecule has 0 bridgehead atoms. The van der Waals surface area contributed by atoms with E-state index >= 15 is 0 Å². The summed E-state index contributed by atoms with van der Waals surface area (Å²) in [5.41, 5.74) is 2.32. The van der Waals surface area contributed by atoms with Crippen LogP contribution in [0.1, 0.15) is 13.3 Å². The molecule has 1 aromatic heterocycles. The first-order chi connectivity index (χ1) is 10.3. The first-order valence-corrected chi connectivity index (χ1v) is 6.43. The Balaban J connectivity index is 2.25. The van der Waals surface area contributed by atoms with Gasteiger partial charge >= 0.3 is 12.0 Å².